The van der Waals surface area contributed by atoms with Crippen LogP contribution in [0.25, 0.3) is 59.4 Å². The van der Waals surface area contributed by atoms with Crippen molar-refractivity contribution in [3.05, 3.63) is 96.6 Å². The van der Waals surface area contributed by atoms with E-state index in [0.29, 0.717) is 0 Å². The second kappa shape index (κ2) is 6.80. The summed E-state index contributed by atoms with van der Waals surface area (Å²) < 4.78 is 11.2. The maximum Gasteiger partial charge on any atom is 0.275 e. The normalized spacial score (nSPS) is 11.9. The van der Waals surface area contributed by atoms with Gasteiger partial charge in [-0.05, 0) is 54.2 Å². The van der Waals surface area contributed by atoms with E-state index in [1.54, 1.807) is 0 Å². The quantitative estimate of drug-likeness (QED) is 0.252. The topological polar surface area (TPSA) is 21.9 Å². The number of rotatable bonds is 2. The average Bonchev–Trinajstić information content (AvgIpc) is 3.49. The number of hydrogen-bond acceptors (Lipinski definition) is 2. The van der Waals surface area contributed by atoms with Crippen molar-refractivity contribution in [2.45, 2.75) is 6.92 Å². The van der Waals surface area contributed by atoms with E-state index < -0.39 is 0 Å². The number of aromatic nitrogens is 2. The van der Waals surface area contributed by atoms with Crippen molar-refractivity contribution in [2.75, 3.05) is 0 Å². The average molecular weight is 446 g/mol. The number of hydrogen-bond donors (Lipinski definition) is 0. The molecule has 0 aliphatic carbocycles. The van der Waals surface area contributed by atoms with Gasteiger partial charge < -0.3 is 4.42 Å². The SMILES string of the molecule is Cc1ccc2c(oc3ccccc32)c1-c1sc2c(c3ccccc3n2-c2ccccc2)[n+]1C. The molecule has 4 aromatic carbocycles. The van der Waals surface area contributed by atoms with Gasteiger partial charge in [0.1, 0.15) is 18.2 Å². The molecule has 3 aromatic heterocycles. The summed E-state index contributed by atoms with van der Waals surface area (Å²) in [6.07, 6.45) is 0. The van der Waals surface area contributed by atoms with Gasteiger partial charge in [0, 0.05) is 16.5 Å². The fourth-order valence-corrected chi connectivity index (χ4v) is 6.49. The highest BCUT2D eigenvalue weighted by molar-refractivity contribution is 7.21. The minimum Gasteiger partial charge on any atom is -0.455 e. The van der Waals surface area contributed by atoms with Crippen LogP contribution in [0.5, 0.6) is 0 Å². The molecule has 0 saturated carbocycles. The lowest BCUT2D eigenvalue weighted by Gasteiger charge is -2.05. The highest BCUT2D eigenvalue weighted by Gasteiger charge is 2.30. The molecule has 0 spiro atoms. The van der Waals surface area contributed by atoms with Gasteiger partial charge >= 0.3 is 0 Å². The van der Waals surface area contributed by atoms with Gasteiger partial charge in [0.05, 0.1) is 10.9 Å². The second-order valence-corrected chi connectivity index (χ2v) is 9.52. The van der Waals surface area contributed by atoms with E-state index in [9.17, 15) is 0 Å². The van der Waals surface area contributed by atoms with Crippen LogP contribution in [0, 0.1) is 6.92 Å². The molecule has 0 aliphatic rings. The van der Waals surface area contributed by atoms with Crippen molar-refractivity contribution in [3.8, 4) is 16.3 Å². The summed E-state index contributed by atoms with van der Waals surface area (Å²) >= 11 is 1.83. The smallest absolute Gasteiger partial charge is 0.275 e. The zero-order valence-electron chi connectivity index (χ0n) is 18.4. The van der Waals surface area contributed by atoms with E-state index in [0.717, 1.165) is 16.6 Å². The van der Waals surface area contributed by atoms with Crippen molar-refractivity contribution in [1.82, 2.24) is 4.57 Å². The molecule has 0 fully saturated rings. The third-order valence-corrected chi connectivity index (χ3v) is 7.86. The number of para-hydroxylation sites is 3. The molecule has 0 amide bonds. The molecule has 3 nitrogen and oxygen atoms in total. The van der Waals surface area contributed by atoms with Gasteiger partial charge in [-0.1, -0.05) is 60.7 Å². The van der Waals surface area contributed by atoms with E-state index in [-0.39, 0.29) is 0 Å². The standard InChI is InChI=1S/C29H21N2OS/c1-18-16-17-21-20-12-7-9-15-24(20)32-27(21)25(18)28-30(2)26-22-13-6-8-14-23(22)31(29(26)33-28)19-10-4-3-5-11-19/h3-17H,1-2H3/q+1. The van der Waals surface area contributed by atoms with Crippen molar-refractivity contribution in [2.24, 2.45) is 7.05 Å². The summed E-state index contributed by atoms with van der Waals surface area (Å²) in [6, 6.07) is 32.0. The Bertz CT molecular complexity index is 1840. The summed E-state index contributed by atoms with van der Waals surface area (Å²) in [5.74, 6) is 0. The molecule has 0 bridgehead atoms. The molecule has 0 aliphatic heterocycles. The Balaban J connectivity index is 1.62. The fraction of sp³-hybridized carbons (Fsp3) is 0.0690. The van der Waals surface area contributed by atoms with Crippen LogP contribution in [0.2, 0.25) is 0 Å². The Kier molecular flexibility index (Phi) is 3.85. The van der Waals surface area contributed by atoms with E-state index in [2.05, 4.69) is 108 Å². The first-order chi connectivity index (χ1) is 16.2. The van der Waals surface area contributed by atoms with Gasteiger partial charge in [-0.25, -0.2) is 0 Å². The molecule has 0 N–H and O–H groups in total. The van der Waals surface area contributed by atoms with Crippen LogP contribution in [0.4, 0.5) is 0 Å². The van der Waals surface area contributed by atoms with Crippen molar-refractivity contribution >= 4 is 54.5 Å². The maximum absolute atomic E-state index is 6.44. The highest BCUT2D eigenvalue weighted by Crippen LogP contribution is 2.42. The Labute approximate surface area is 194 Å². The van der Waals surface area contributed by atoms with Crippen LogP contribution in [0.1, 0.15) is 5.56 Å². The molecule has 3 heterocycles. The summed E-state index contributed by atoms with van der Waals surface area (Å²) in [7, 11) is 2.18. The largest absolute Gasteiger partial charge is 0.455 e. The van der Waals surface area contributed by atoms with Gasteiger partial charge in [0.15, 0.2) is 10.4 Å². The third kappa shape index (κ3) is 2.53. The van der Waals surface area contributed by atoms with Crippen molar-refractivity contribution in [3.63, 3.8) is 0 Å². The van der Waals surface area contributed by atoms with E-state index in [1.165, 1.54) is 48.5 Å². The number of furan rings is 1. The first kappa shape index (κ1) is 18.7. The highest BCUT2D eigenvalue weighted by atomic mass is 32.1. The molecule has 0 radical (unpaired) electrons. The molecule has 4 heteroatoms. The van der Waals surface area contributed by atoms with Crippen LogP contribution in [0.3, 0.4) is 0 Å². The van der Waals surface area contributed by atoms with Gasteiger partial charge in [0.2, 0.25) is 0 Å². The summed E-state index contributed by atoms with van der Waals surface area (Å²) in [4.78, 5) is 1.24. The lowest BCUT2D eigenvalue weighted by Crippen LogP contribution is -2.28. The lowest BCUT2D eigenvalue weighted by atomic mass is 10.0. The minimum atomic E-state index is 0.933. The molecule has 0 unspecified atom stereocenters. The monoisotopic (exact) mass is 445 g/mol. The van der Waals surface area contributed by atoms with Crippen molar-refractivity contribution in [1.29, 1.82) is 0 Å². The minimum absolute atomic E-state index is 0.933. The molecular weight excluding hydrogens is 424 g/mol. The lowest BCUT2D eigenvalue weighted by molar-refractivity contribution is -0.628. The molecular formula is C29H21N2OS+. The Morgan fingerprint density at radius 2 is 1.48 bits per heavy atom. The molecule has 0 atom stereocenters. The first-order valence-electron chi connectivity index (χ1n) is 11.1. The Morgan fingerprint density at radius 3 is 2.33 bits per heavy atom. The predicted molar refractivity (Wildman–Crippen MR) is 137 cm³/mol. The molecule has 33 heavy (non-hydrogen) atoms. The zero-order chi connectivity index (χ0) is 22.1. The van der Waals surface area contributed by atoms with Gasteiger partial charge in [-0.15, -0.1) is 0 Å². The van der Waals surface area contributed by atoms with E-state index in [4.69, 9.17) is 4.42 Å². The van der Waals surface area contributed by atoms with E-state index in [1.807, 2.05) is 17.4 Å². The third-order valence-electron chi connectivity index (χ3n) is 6.62. The van der Waals surface area contributed by atoms with Crippen LogP contribution < -0.4 is 4.57 Å². The summed E-state index contributed by atoms with van der Waals surface area (Å²) in [6.45, 7) is 2.18. The van der Waals surface area contributed by atoms with Crippen LogP contribution >= 0.6 is 11.3 Å². The first-order valence-corrected chi connectivity index (χ1v) is 11.9. The maximum atomic E-state index is 6.44. The van der Waals surface area contributed by atoms with Crippen LogP contribution in [0.15, 0.2) is 95.4 Å². The number of nitrogens with zero attached hydrogens (tertiary/aromatic N) is 2. The van der Waals surface area contributed by atoms with Crippen LogP contribution in [-0.2, 0) is 7.05 Å². The number of thiazole rings is 1. The Hall–Kier alpha value is -3.89. The van der Waals surface area contributed by atoms with Gasteiger partial charge in [-0.2, -0.15) is 4.57 Å². The molecule has 0 saturated heterocycles. The number of benzene rings is 4. The number of fused-ring (bicyclic) bond motifs is 6. The second-order valence-electron chi connectivity index (χ2n) is 8.54. The van der Waals surface area contributed by atoms with Crippen LogP contribution in [-0.4, -0.2) is 4.57 Å². The molecule has 7 aromatic rings. The van der Waals surface area contributed by atoms with Crippen molar-refractivity contribution < 1.29 is 8.98 Å². The fourth-order valence-electron chi connectivity index (χ4n) is 5.08. The number of aryl methyl sites for hydroxylation is 2. The predicted octanol–water partition coefficient (Wildman–Crippen LogP) is 7.54. The zero-order valence-corrected chi connectivity index (χ0v) is 19.2. The summed E-state index contributed by atoms with van der Waals surface area (Å²) in [5.41, 5.74) is 7.95. The Morgan fingerprint density at radius 1 is 0.758 bits per heavy atom. The van der Waals surface area contributed by atoms with E-state index >= 15 is 0 Å². The van der Waals surface area contributed by atoms with Gasteiger partial charge in [-0.3, -0.25) is 4.57 Å². The van der Waals surface area contributed by atoms with Gasteiger partial charge in [0.25, 0.3) is 10.5 Å². The summed E-state index contributed by atoms with van der Waals surface area (Å²) in [5, 5.41) is 4.80. The molecule has 7 rings (SSSR count). The molecule has 158 valence electrons.